The maximum absolute atomic E-state index is 13.1. The normalized spacial score (nSPS) is 11.7. The summed E-state index contributed by atoms with van der Waals surface area (Å²) in [5, 5.41) is 7.00. The van der Waals surface area contributed by atoms with E-state index in [2.05, 4.69) is 17.3 Å². The molecular weight excluding hydrogens is 534 g/mol. The summed E-state index contributed by atoms with van der Waals surface area (Å²) in [6.45, 7) is 1.35. The molecule has 0 spiro atoms. The van der Waals surface area contributed by atoms with E-state index in [1.54, 1.807) is 23.1 Å². The SMILES string of the molecule is CC(=O)O/N=C(\CCCSc1ccc(Cl)cc1)c1ccc2sc3ccc(C(=O)c4ccccc4)cc3c2c1. The maximum atomic E-state index is 13.1. The maximum Gasteiger partial charge on any atom is 0.331 e. The van der Waals surface area contributed by atoms with E-state index in [9.17, 15) is 9.59 Å². The molecule has 38 heavy (non-hydrogen) atoms. The molecule has 0 aliphatic carbocycles. The monoisotopic (exact) mass is 557 g/mol. The van der Waals surface area contributed by atoms with Gasteiger partial charge in [-0.25, -0.2) is 4.79 Å². The molecule has 0 saturated carbocycles. The van der Waals surface area contributed by atoms with E-state index in [0.717, 1.165) is 53.5 Å². The minimum atomic E-state index is -0.454. The number of oxime groups is 1. The zero-order chi connectivity index (χ0) is 26.5. The summed E-state index contributed by atoms with van der Waals surface area (Å²) in [4.78, 5) is 30.8. The van der Waals surface area contributed by atoms with Crippen LogP contribution in [0.3, 0.4) is 0 Å². The summed E-state index contributed by atoms with van der Waals surface area (Å²) >= 11 is 9.42. The Morgan fingerprint density at radius 2 is 1.50 bits per heavy atom. The molecule has 0 radical (unpaired) electrons. The summed E-state index contributed by atoms with van der Waals surface area (Å²) in [5.74, 6) is 0.428. The third kappa shape index (κ3) is 6.16. The van der Waals surface area contributed by atoms with Crippen LogP contribution in [0.2, 0.25) is 5.02 Å². The van der Waals surface area contributed by atoms with Gasteiger partial charge in [-0.3, -0.25) is 4.79 Å². The van der Waals surface area contributed by atoms with Crippen molar-refractivity contribution >= 4 is 72.3 Å². The molecule has 0 amide bonds. The van der Waals surface area contributed by atoms with Crippen LogP contribution in [0, 0.1) is 0 Å². The van der Waals surface area contributed by atoms with E-state index in [4.69, 9.17) is 16.4 Å². The van der Waals surface area contributed by atoms with Gasteiger partial charge in [0.1, 0.15) is 0 Å². The number of thioether (sulfide) groups is 1. The van der Waals surface area contributed by atoms with Crippen LogP contribution < -0.4 is 0 Å². The quantitative estimate of drug-likeness (QED) is 0.0454. The minimum Gasteiger partial charge on any atom is -0.318 e. The van der Waals surface area contributed by atoms with E-state index >= 15 is 0 Å². The average molecular weight is 558 g/mol. The number of rotatable bonds is 9. The number of nitrogens with zero attached hydrogens (tertiary/aromatic N) is 1. The number of benzene rings is 4. The van der Waals surface area contributed by atoms with Gasteiger partial charge in [-0.15, -0.1) is 23.1 Å². The summed E-state index contributed by atoms with van der Waals surface area (Å²) in [5.41, 5.74) is 2.94. The van der Waals surface area contributed by atoms with Crippen molar-refractivity contribution in [1.29, 1.82) is 0 Å². The highest BCUT2D eigenvalue weighted by Gasteiger charge is 2.14. The molecule has 5 aromatic rings. The molecule has 0 atom stereocenters. The number of ketones is 1. The molecule has 0 unspecified atom stereocenters. The molecule has 4 aromatic carbocycles. The van der Waals surface area contributed by atoms with Crippen LogP contribution >= 0.6 is 34.7 Å². The van der Waals surface area contributed by atoms with Gasteiger partial charge in [0.25, 0.3) is 0 Å². The molecule has 190 valence electrons. The van der Waals surface area contributed by atoms with Crippen LogP contribution in [0.1, 0.15) is 41.3 Å². The number of halogens is 1. The second kappa shape index (κ2) is 11.9. The van der Waals surface area contributed by atoms with Crippen molar-refractivity contribution in [2.45, 2.75) is 24.7 Å². The summed E-state index contributed by atoms with van der Waals surface area (Å²) in [7, 11) is 0. The zero-order valence-electron chi connectivity index (χ0n) is 20.6. The summed E-state index contributed by atoms with van der Waals surface area (Å²) in [6.07, 6.45) is 1.50. The highest BCUT2D eigenvalue weighted by molar-refractivity contribution is 7.99. The topological polar surface area (TPSA) is 55.7 Å². The Morgan fingerprint density at radius 3 is 2.18 bits per heavy atom. The predicted octanol–water partition coefficient (Wildman–Crippen LogP) is 8.78. The van der Waals surface area contributed by atoms with Gasteiger partial charge in [-0.1, -0.05) is 53.2 Å². The molecular formula is C31H24ClNO3S2. The van der Waals surface area contributed by atoms with Crippen molar-refractivity contribution in [3.05, 3.63) is 113 Å². The van der Waals surface area contributed by atoms with Crippen molar-refractivity contribution in [2.75, 3.05) is 5.75 Å². The largest absolute Gasteiger partial charge is 0.331 e. The number of carbonyl (C=O) groups is 2. The average Bonchev–Trinajstić information content (AvgIpc) is 3.30. The van der Waals surface area contributed by atoms with Crippen LogP contribution in [0.15, 0.2) is 101 Å². The van der Waals surface area contributed by atoms with Crippen LogP contribution in [0.4, 0.5) is 0 Å². The van der Waals surface area contributed by atoms with Gasteiger partial charge in [0.05, 0.1) is 5.71 Å². The second-order valence-corrected chi connectivity index (χ2v) is 11.4. The molecule has 4 nitrogen and oxygen atoms in total. The Morgan fingerprint density at radius 1 is 0.842 bits per heavy atom. The lowest BCUT2D eigenvalue weighted by Crippen LogP contribution is -2.05. The Bertz CT molecular complexity index is 1640. The molecule has 0 aliphatic rings. The van der Waals surface area contributed by atoms with Gasteiger partial charge in [0, 0.05) is 53.7 Å². The third-order valence-electron chi connectivity index (χ3n) is 6.03. The molecule has 0 N–H and O–H groups in total. The van der Waals surface area contributed by atoms with Gasteiger partial charge >= 0.3 is 5.97 Å². The second-order valence-electron chi connectivity index (χ2n) is 8.75. The van der Waals surface area contributed by atoms with Gasteiger partial charge in [-0.05, 0) is 73.2 Å². The molecule has 5 rings (SSSR count). The lowest BCUT2D eigenvalue weighted by Gasteiger charge is -2.07. The zero-order valence-corrected chi connectivity index (χ0v) is 23.0. The first-order valence-electron chi connectivity index (χ1n) is 12.2. The Hall–Kier alpha value is -3.45. The van der Waals surface area contributed by atoms with Crippen molar-refractivity contribution in [1.82, 2.24) is 0 Å². The van der Waals surface area contributed by atoms with Crippen LogP contribution in [0.25, 0.3) is 20.2 Å². The van der Waals surface area contributed by atoms with Crippen LogP contribution in [-0.2, 0) is 9.63 Å². The van der Waals surface area contributed by atoms with Crippen molar-refractivity contribution in [2.24, 2.45) is 5.16 Å². The number of hydrogen-bond acceptors (Lipinski definition) is 6. The highest BCUT2D eigenvalue weighted by Crippen LogP contribution is 2.36. The molecule has 1 heterocycles. The predicted molar refractivity (Wildman–Crippen MR) is 159 cm³/mol. The van der Waals surface area contributed by atoms with E-state index in [1.165, 1.54) is 6.92 Å². The Kier molecular flexibility index (Phi) is 8.23. The lowest BCUT2D eigenvalue weighted by atomic mass is 9.99. The summed E-state index contributed by atoms with van der Waals surface area (Å²) in [6, 6.07) is 29.1. The fourth-order valence-electron chi connectivity index (χ4n) is 4.18. The molecule has 0 bridgehead atoms. The van der Waals surface area contributed by atoms with Gasteiger partial charge in [0.2, 0.25) is 0 Å². The van der Waals surface area contributed by atoms with Crippen molar-refractivity contribution in [3.63, 3.8) is 0 Å². The number of carbonyl (C=O) groups excluding carboxylic acids is 2. The first-order chi connectivity index (χ1) is 18.5. The third-order valence-corrected chi connectivity index (χ3v) is 8.53. The van der Waals surface area contributed by atoms with E-state index < -0.39 is 5.97 Å². The van der Waals surface area contributed by atoms with E-state index in [1.807, 2.05) is 78.9 Å². The number of hydrogen-bond donors (Lipinski definition) is 0. The standard InChI is InChI=1S/C31H24ClNO3S2/c1-20(34)36-33-28(8-5-17-37-25-13-11-24(32)12-14-25)22-9-15-29-26(18-22)27-19-23(10-16-30(27)38-29)31(35)21-6-3-2-4-7-21/h2-4,6-7,9-16,18-19H,5,8,17H2,1H3/b33-28+. The first kappa shape index (κ1) is 26.2. The van der Waals surface area contributed by atoms with E-state index in [0.29, 0.717) is 17.5 Å². The lowest BCUT2D eigenvalue weighted by molar-refractivity contribution is -0.140. The molecule has 1 aromatic heterocycles. The van der Waals surface area contributed by atoms with Crippen LogP contribution in [-0.4, -0.2) is 23.2 Å². The van der Waals surface area contributed by atoms with Gasteiger partial charge < -0.3 is 4.84 Å². The molecule has 0 saturated heterocycles. The first-order valence-corrected chi connectivity index (χ1v) is 14.4. The Balaban J connectivity index is 1.41. The Labute approximate surface area is 234 Å². The smallest absolute Gasteiger partial charge is 0.318 e. The number of fused-ring (bicyclic) bond motifs is 3. The van der Waals surface area contributed by atoms with Crippen molar-refractivity contribution in [3.8, 4) is 0 Å². The number of thiophene rings is 1. The minimum absolute atomic E-state index is 0.00157. The summed E-state index contributed by atoms with van der Waals surface area (Å²) < 4.78 is 2.23. The van der Waals surface area contributed by atoms with Gasteiger partial charge in [-0.2, -0.15) is 0 Å². The van der Waals surface area contributed by atoms with Crippen LogP contribution in [0.5, 0.6) is 0 Å². The molecule has 7 heteroatoms. The highest BCUT2D eigenvalue weighted by atomic mass is 35.5. The van der Waals surface area contributed by atoms with Gasteiger partial charge in [0.15, 0.2) is 5.78 Å². The molecule has 0 fully saturated rings. The fourth-order valence-corrected chi connectivity index (χ4v) is 6.22. The van der Waals surface area contributed by atoms with E-state index in [-0.39, 0.29) is 5.78 Å². The molecule has 0 aliphatic heterocycles. The fraction of sp³-hybridized carbons (Fsp3) is 0.129. The van der Waals surface area contributed by atoms with Crippen molar-refractivity contribution < 1.29 is 14.4 Å².